The van der Waals surface area contributed by atoms with Crippen LogP contribution in [0.1, 0.15) is 32.3 Å². The van der Waals surface area contributed by atoms with E-state index in [1.165, 1.54) is 5.56 Å². The van der Waals surface area contributed by atoms with Gasteiger partial charge in [-0.3, -0.25) is 9.69 Å². The predicted octanol–water partition coefficient (Wildman–Crippen LogP) is 4.33. The number of nitrogens with zero attached hydrogens (tertiary/aromatic N) is 1. The van der Waals surface area contributed by atoms with Crippen molar-refractivity contribution in [3.63, 3.8) is 0 Å². The van der Waals surface area contributed by atoms with Gasteiger partial charge in [0.15, 0.2) is 0 Å². The topological polar surface area (TPSA) is 50.8 Å². The highest BCUT2D eigenvalue weighted by Gasteiger charge is 2.25. The van der Waals surface area contributed by atoms with E-state index in [0.29, 0.717) is 13.2 Å². The van der Waals surface area contributed by atoms with Gasteiger partial charge in [-0.15, -0.1) is 0 Å². The first-order valence-electron chi connectivity index (χ1n) is 10.2. The quantitative estimate of drug-likeness (QED) is 0.738. The molecule has 2 aromatic carbocycles. The Hall–Kier alpha value is -2.53. The molecule has 1 N–H and O–H groups in total. The van der Waals surface area contributed by atoms with Crippen molar-refractivity contribution in [3.8, 4) is 11.5 Å². The summed E-state index contributed by atoms with van der Waals surface area (Å²) in [6.45, 7) is 8.03. The van der Waals surface area contributed by atoms with Crippen LogP contribution < -0.4 is 14.8 Å². The Balaban J connectivity index is 1.46. The molecular formula is C23H30N2O3. The molecule has 0 aliphatic carbocycles. The Morgan fingerprint density at radius 3 is 2.36 bits per heavy atom. The van der Waals surface area contributed by atoms with E-state index >= 15 is 0 Å². The number of ether oxygens (including phenoxy) is 2. The highest BCUT2D eigenvalue weighted by molar-refractivity contribution is 5.92. The number of benzene rings is 2. The molecule has 3 rings (SSSR count). The van der Waals surface area contributed by atoms with E-state index in [1.54, 1.807) is 0 Å². The Morgan fingerprint density at radius 1 is 1.00 bits per heavy atom. The zero-order chi connectivity index (χ0) is 19.8. The van der Waals surface area contributed by atoms with E-state index < -0.39 is 0 Å². The minimum absolute atomic E-state index is 0.0672. The molecule has 5 heteroatoms. The maximum Gasteiger partial charge on any atom is 0.227 e. The molecule has 0 saturated carbocycles. The third-order valence-corrected chi connectivity index (χ3v) is 5.01. The number of nitrogens with one attached hydrogen (secondary N) is 1. The van der Waals surface area contributed by atoms with E-state index in [0.717, 1.165) is 49.7 Å². The van der Waals surface area contributed by atoms with Crippen LogP contribution in [0.15, 0.2) is 48.5 Å². The van der Waals surface area contributed by atoms with E-state index in [9.17, 15) is 4.79 Å². The van der Waals surface area contributed by atoms with Crippen molar-refractivity contribution in [3.05, 3.63) is 54.1 Å². The van der Waals surface area contributed by atoms with Crippen molar-refractivity contribution in [2.24, 2.45) is 5.92 Å². The average Bonchev–Trinajstić information content (AvgIpc) is 2.71. The van der Waals surface area contributed by atoms with Crippen LogP contribution in [0.4, 0.5) is 5.69 Å². The van der Waals surface area contributed by atoms with Gasteiger partial charge in [0.25, 0.3) is 0 Å². The zero-order valence-corrected chi connectivity index (χ0v) is 16.8. The first-order chi connectivity index (χ1) is 13.7. The fourth-order valence-electron chi connectivity index (χ4n) is 3.56. The summed E-state index contributed by atoms with van der Waals surface area (Å²) in [6, 6.07) is 15.8. The molecule has 150 valence electrons. The van der Waals surface area contributed by atoms with Crippen LogP contribution >= 0.6 is 0 Å². The monoisotopic (exact) mass is 382 g/mol. The third kappa shape index (κ3) is 5.73. The van der Waals surface area contributed by atoms with E-state index in [2.05, 4.69) is 22.3 Å². The molecule has 5 nitrogen and oxygen atoms in total. The second-order valence-corrected chi connectivity index (χ2v) is 7.08. The number of likely N-dealkylation sites (tertiary alicyclic amines) is 1. The molecule has 28 heavy (non-hydrogen) atoms. The minimum atomic E-state index is 0.0672. The normalized spacial score (nSPS) is 15.2. The SMILES string of the molecule is CCOc1ccc(NC(=O)C2CCN(Cc3cccc(OCC)c3)CC2)cc1. The van der Waals surface area contributed by atoms with Crippen LogP contribution in [-0.2, 0) is 11.3 Å². The standard InChI is InChI=1S/C23H30N2O3/c1-3-27-21-10-8-20(9-11-21)24-23(26)19-12-14-25(15-13-19)17-18-6-5-7-22(16-18)28-4-2/h5-11,16,19H,3-4,12-15,17H2,1-2H3,(H,24,26). The summed E-state index contributed by atoms with van der Waals surface area (Å²) in [7, 11) is 0. The number of carbonyl (C=O) groups excluding carboxylic acids is 1. The highest BCUT2D eigenvalue weighted by atomic mass is 16.5. The highest BCUT2D eigenvalue weighted by Crippen LogP contribution is 2.23. The third-order valence-electron chi connectivity index (χ3n) is 5.01. The lowest BCUT2D eigenvalue weighted by Crippen LogP contribution is -2.37. The van der Waals surface area contributed by atoms with Crippen molar-refractivity contribution in [2.75, 3.05) is 31.6 Å². The molecule has 1 aliphatic heterocycles. The van der Waals surface area contributed by atoms with Gasteiger partial charge in [0.05, 0.1) is 13.2 Å². The number of hydrogen-bond donors (Lipinski definition) is 1. The molecule has 0 radical (unpaired) electrons. The Morgan fingerprint density at radius 2 is 1.68 bits per heavy atom. The summed E-state index contributed by atoms with van der Waals surface area (Å²) >= 11 is 0. The van der Waals surface area contributed by atoms with Crippen molar-refractivity contribution in [1.29, 1.82) is 0 Å². The Kier molecular flexibility index (Phi) is 7.31. The van der Waals surface area contributed by atoms with Gasteiger partial charge in [0, 0.05) is 18.2 Å². The van der Waals surface area contributed by atoms with Crippen LogP contribution in [0, 0.1) is 5.92 Å². The second-order valence-electron chi connectivity index (χ2n) is 7.08. The van der Waals surface area contributed by atoms with Gasteiger partial charge >= 0.3 is 0 Å². The maximum absolute atomic E-state index is 12.6. The van der Waals surface area contributed by atoms with Crippen LogP contribution in [0.3, 0.4) is 0 Å². The van der Waals surface area contributed by atoms with Crippen molar-refractivity contribution in [1.82, 2.24) is 4.90 Å². The lowest BCUT2D eigenvalue weighted by Gasteiger charge is -2.31. The van der Waals surface area contributed by atoms with Crippen LogP contribution in [0.5, 0.6) is 11.5 Å². The van der Waals surface area contributed by atoms with Gasteiger partial charge in [-0.1, -0.05) is 12.1 Å². The van der Waals surface area contributed by atoms with Crippen molar-refractivity contribution >= 4 is 11.6 Å². The fourth-order valence-corrected chi connectivity index (χ4v) is 3.56. The molecule has 1 heterocycles. The van der Waals surface area contributed by atoms with Crippen LogP contribution in [0.2, 0.25) is 0 Å². The zero-order valence-electron chi connectivity index (χ0n) is 16.8. The van der Waals surface area contributed by atoms with Crippen LogP contribution in [-0.4, -0.2) is 37.1 Å². The number of anilines is 1. The molecule has 1 saturated heterocycles. The van der Waals surface area contributed by atoms with Gasteiger partial charge in [0.2, 0.25) is 5.91 Å². The Labute approximate surface area is 167 Å². The Bertz CT molecular complexity index is 753. The summed E-state index contributed by atoms with van der Waals surface area (Å²) in [6.07, 6.45) is 1.77. The molecule has 0 bridgehead atoms. The lowest BCUT2D eigenvalue weighted by atomic mass is 9.95. The smallest absolute Gasteiger partial charge is 0.227 e. The molecule has 0 unspecified atom stereocenters. The minimum Gasteiger partial charge on any atom is -0.494 e. The average molecular weight is 383 g/mol. The van der Waals surface area contributed by atoms with E-state index in [-0.39, 0.29) is 11.8 Å². The molecule has 0 spiro atoms. The second kappa shape index (κ2) is 10.1. The van der Waals surface area contributed by atoms with E-state index in [4.69, 9.17) is 9.47 Å². The van der Waals surface area contributed by atoms with Gasteiger partial charge < -0.3 is 14.8 Å². The number of piperidine rings is 1. The first-order valence-corrected chi connectivity index (χ1v) is 10.2. The molecule has 2 aromatic rings. The molecule has 0 atom stereocenters. The molecular weight excluding hydrogens is 352 g/mol. The van der Waals surface area contributed by atoms with Gasteiger partial charge in [-0.05, 0) is 81.7 Å². The number of hydrogen-bond acceptors (Lipinski definition) is 4. The maximum atomic E-state index is 12.6. The molecule has 0 aromatic heterocycles. The fraction of sp³-hybridized carbons (Fsp3) is 0.435. The number of rotatable bonds is 8. The van der Waals surface area contributed by atoms with Crippen molar-refractivity contribution < 1.29 is 14.3 Å². The molecule has 1 aliphatic rings. The summed E-state index contributed by atoms with van der Waals surface area (Å²) in [4.78, 5) is 15.0. The molecule has 1 fully saturated rings. The number of amides is 1. The van der Waals surface area contributed by atoms with Gasteiger partial charge in [0.1, 0.15) is 11.5 Å². The predicted molar refractivity (Wildman–Crippen MR) is 112 cm³/mol. The van der Waals surface area contributed by atoms with Gasteiger partial charge in [-0.2, -0.15) is 0 Å². The summed E-state index contributed by atoms with van der Waals surface area (Å²) in [5, 5.41) is 3.04. The summed E-state index contributed by atoms with van der Waals surface area (Å²) < 4.78 is 11.0. The molecule has 1 amide bonds. The van der Waals surface area contributed by atoms with Crippen molar-refractivity contribution in [2.45, 2.75) is 33.2 Å². The lowest BCUT2D eigenvalue weighted by molar-refractivity contribution is -0.121. The summed E-state index contributed by atoms with van der Waals surface area (Å²) in [5.41, 5.74) is 2.08. The van der Waals surface area contributed by atoms with Gasteiger partial charge in [-0.25, -0.2) is 0 Å². The summed E-state index contributed by atoms with van der Waals surface area (Å²) in [5.74, 6) is 1.92. The van der Waals surface area contributed by atoms with E-state index in [1.807, 2.05) is 50.2 Å². The first kappa shape index (κ1) is 20.2. The van der Waals surface area contributed by atoms with Crippen LogP contribution in [0.25, 0.3) is 0 Å². The number of carbonyl (C=O) groups is 1. The largest absolute Gasteiger partial charge is 0.494 e.